The van der Waals surface area contributed by atoms with Gasteiger partial charge in [0.25, 0.3) is 11.6 Å². The smallest absolute Gasteiger partial charge is 0.338 e. The summed E-state index contributed by atoms with van der Waals surface area (Å²) in [7, 11) is 1.15. The van der Waals surface area contributed by atoms with Crippen molar-refractivity contribution in [2.45, 2.75) is 39.2 Å². The first kappa shape index (κ1) is 21.5. The van der Waals surface area contributed by atoms with Crippen molar-refractivity contribution >= 4 is 34.9 Å². The van der Waals surface area contributed by atoms with E-state index in [1.54, 1.807) is 0 Å². The second-order valence-electron chi connectivity index (χ2n) is 6.94. The van der Waals surface area contributed by atoms with Crippen LogP contribution in [0.4, 0.5) is 5.69 Å². The minimum atomic E-state index is -0.775. The van der Waals surface area contributed by atoms with E-state index in [9.17, 15) is 19.7 Å². The van der Waals surface area contributed by atoms with Crippen LogP contribution in [-0.2, 0) is 4.74 Å². The van der Waals surface area contributed by atoms with E-state index in [-0.39, 0.29) is 22.3 Å². The molecule has 1 aliphatic rings. The van der Waals surface area contributed by atoms with Crippen molar-refractivity contribution in [1.82, 2.24) is 16.2 Å². The minimum absolute atomic E-state index is 0.0652. The molecule has 2 rings (SSSR count). The SMILES string of the molecule is COC(=O)c1cc(C(=O)NNC(=S)N[C@H]2CCC[C@H](C)[C@H]2C)cc([N+](=O)[O-])c1. The van der Waals surface area contributed by atoms with Crippen LogP contribution in [0.25, 0.3) is 0 Å². The van der Waals surface area contributed by atoms with Crippen molar-refractivity contribution in [3.63, 3.8) is 0 Å². The molecule has 3 N–H and O–H groups in total. The number of ether oxygens (including phenoxy) is 1. The average molecular weight is 408 g/mol. The van der Waals surface area contributed by atoms with Crippen LogP contribution in [0.1, 0.15) is 53.8 Å². The van der Waals surface area contributed by atoms with E-state index in [4.69, 9.17) is 12.2 Å². The lowest BCUT2D eigenvalue weighted by atomic mass is 9.78. The van der Waals surface area contributed by atoms with Gasteiger partial charge in [-0.15, -0.1) is 0 Å². The Kier molecular flexibility index (Phi) is 7.27. The molecule has 28 heavy (non-hydrogen) atoms. The van der Waals surface area contributed by atoms with Crippen molar-refractivity contribution in [2.24, 2.45) is 11.8 Å². The summed E-state index contributed by atoms with van der Waals surface area (Å²) in [6, 6.07) is 3.56. The highest BCUT2D eigenvalue weighted by atomic mass is 32.1. The maximum absolute atomic E-state index is 12.4. The number of carbonyl (C=O) groups is 2. The van der Waals surface area contributed by atoms with E-state index >= 15 is 0 Å². The molecule has 0 saturated heterocycles. The molecule has 0 spiro atoms. The zero-order valence-electron chi connectivity index (χ0n) is 16.0. The number of rotatable bonds is 4. The fraction of sp³-hybridized carbons (Fsp3) is 0.500. The summed E-state index contributed by atoms with van der Waals surface area (Å²) < 4.78 is 4.57. The number of nitrogens with one attached hydrogen (secondary N) is 3. The molecule has 3 atom stereocenters. The van der Waals surface area contributed by atoms with E-state index in [1.165, 1.54) is 12.5 Å². The van der Waals surface area contributed by atoms with Crippen molar-refractivity contribution in [2.75, 3.05) is 7.11 Å². The van der Waals surface area contributed by atoms with Gasteiger partial charge in [-0.2, -0.15) is 0 Å². The lowest BCUT2D eigenvalue weighted by Crippen LogP contribution is -2.52. The Balaban J connectivity index is 2.02. The van der Waals surface area contributed by atoms with Crippen molar-refractivity contribution in [1.29, 1.82) is 0 Å². The van der Waals surface area contributed by atoms with Gasteiger partial charge in [0.05, 0.1) is 17.6 Å². The molecule has 0 aromatic heterocycles. The van der Waals surface area contributed by atoms with Gasteiger partial charge in [0.1, 0.15) is 0 Å². The number of thiocarbonyl (C=S) groups is 1. The molecule has 0 radical (unpaired) electrons. The number of amides is 1. The van der Waals surface area contributed by atoms with Gasteiger partial charge < -0.3 is 10.1 Å². The first-order chi connectivity index (χ1) is 13.2. The molecule has 1 aromatic rings. The van der Waals surface area contributed by atoms with Gasteiger partial charge >= 0.3 is 5.97 Å². The molecule has 0 bridgehead atoms. The zero-order valence-corrected chi connectivity index (χ0v) is 16.8. The van der Waals surface area contributed by atoms with Gasteiger partial charge in [0.15, 0.2) is 5.11 Å². The van der Waals surface area contributed by atoms with Crippen molar-refractivity contribution in [3.05, 3.63) is 39.4 Å². The molecule has 9 nitrogen and oxygen atoms in total. The van der Waals surface area contributed by atoms with Crippen LogP contribution in [0.15, 0.2) is 18.2 Å². The standard InChI is InChI=1S/C18H24N4O5S/c1-10-5-4-6-15(11(10)2)19-18(28)21-20-16(23)12-7-13(17(24)27-3)9-14(8-12)22(25)26/h7-11,15H,4-6H2,1-3H3,(H,20,23)(H2,19,21,28)/t10-,11+,15-/m0/s1. The third kappa shape index (κ3) is 5.38. The van der Waals surface area contributed by atoms with E-state index in [0.717, 1.165) is 32.1 Å². The summed E-state index contributed by atoms with van der Waals surface area (Å²) in [5, 5.41) is 14.5. The first-order valence-electron chi connectivity index (χ1n) is 8.97. The molecule has 1 aromatic carbocycles. The molecule has 1 saturated carbocycles. The highest BCUT2D eigenvalue weighted by Crippen LogP contribution is 2.29. The summed E-state index contributed by atoms with van der Waals surface area (Å²) in [5.74, 6) is -0.403. The predicted octanol–water partition coefficient (Wildman–Crippen LogP) is 2.31. The molecule has 1 fully saturated rings. The van der Waals surface area contributed by atoms with Crippen LogP contribution in [0, 0.1) is 22.0 Å². The summed E-state index contributed by atoms with van der Waals surface area (Å²) in [4.78, 5) is 34.4. The third-order valence-electron chi connectivity index (χ3n) is 5.12. The number of non-ortho nitro benzene ring substituents is 1. The normalized spacial score (nSPS) is 21.3. The molecule has 10 heteroatoms. The number of hydrogen-bond donors (Lipinski definition) is 3. The molecule has 0 heterocycles. The van der Waals surface area contributed by atoms with Crippen LogP contribution >= 0.6 is 12.2 Å². The maximum atomic E-state index is 12.4. The van der Waals surface area contributed by atoms with Crippen LogP contribution in [0.3, 0.4) is 0 Å². The lowest BCUT2D eigenvalue weighted by molar-refractivity contribution is -0.384. The number of nitro groups is 1. The largest absolute Gasteiger partial charge is 0.465 e. The number of hydrazine groups is 1. The monoisotopic (exact) mass is 408 g/mol. The van der Waals surface area contributed by atoms with Crippen molar-refractivity contribution < 1.29 is 19.2 Å². The van der Waals surface area contributed by atoms with E-state index in [1.807, 2.05) is 0 Å². The molecule has 1 amide bonds. The van der Waals surface area contributed by atoms with E-state index in [0.29, 0.717) is 11.8 Å². The second kappa shape index (κ2) is 9.45. The Labute approximate surface area is 168 Å². The average Bonchev–Trinajstić information content (AvgIpc) is 2.68. The Morgan fingerprint density at radius 1 is 1.18 bits per heavy atom. The van der Waals surface area contributed by atoms with Gasteiger partial charge in [-0.25, -0.2) is 4.79 Å². The van der Waals surface area contributed by atoms with E-state index < -0.39 is 22.5 Å². The Morgan fingerprint density at radius 2 is 1.86 bits per heavy atom. The topological polar surface area (TPSA) is 123 Å². The Bertz CT molecular complexity index is 785. The van der Waals surface area contributed by atoms with Gasteiger partial charge in [-0.1, -0.05) is 26.7 Å². The van der Waals surface area contributed by atoms with Gasteiger partial charge in [0.2, 0.25) is 0 Å². The number of benzene rings is 1. The van der Waals surface area contributed by atoms with Gasteiger partial charge in [0, 0.05) is 23.7 Å². The summed E-state index contributed by atoms with van der Waals surface area (Å²) in [6.07, 6.45) is 3.29. The summed E-state index contributed by atoms with van der Waals surface area (Å²) >= 11 is 5.23. The highest BCUT2D eigenvalue weighted by Gasteiger charge is 2.27. The van der Waals surface area contributed by atoms with Crippen LogP contribution < -0.4 is 16.2 Å². The van der Waals surface area contributed by atoms with Crippen LogP contribution in [-0.4, -0.2) is 35.1 Å². The molecular weight excluding hydrogens is 384 g/mol. The van der Waals surface area contributed by atoms with E-state index in [2.05, 4.69) is 34.8 Å². The first-order valence-corrected chi connectivity index (χ1v) is 9.38. The number of methoxy groups -OCH3 is 1. The van der Waals surface area contributed by atoms with Gasteiger partial charge in [-0.05, 0) is 36.5 Å². The van der Waals surface area contributed by atoms with Crippen molar-refractivity contribution in [3.8, 4) is 0 Å². The summed E-state index contributed by atoms with van der Waals surface area (Å²) in [5.41, 5.74) is 4.46. The summed E-state index contributed by atoms with van der Waals surface area (Å²) in [6.45, 7) is 4.37. The minimum Gasteiger partial charge on any atom is -0.465 e. The lowest BCUT2D eigenvalue weighted by Gasteiger charge is -2.35. The molecular formula is C18H24N4O5S. The third-order valence-corrected chi connectivity index (χ3v) is 5.34. The Hall–Kier alpha value is -2.75. The van der Waals surface area contributed by atoms with Crippen LogP contribution in [0.5, 0.6) is 0 Å². The number of nitro benzene ring substituents is 1. The number of carbonyl (C=O) groups excluding carboxylic acids is 2. The predicted molar refractivity (Wildman–Crippen MR) is 107 cm³/mol. The molecule has 0 unspecified atom stereocenters. The Morgan fingerprint density at radius 3 is 2.50 bits per heavy atom. The highest BCUT2D eigenvalue weighted by molar-refractivity contribution is 7.80. The quantitative estimate of drug-likeness (QED) is 0.300. The second-order valence-corrected chi connectivity index (χ2v) is 7.35. The number of nitrogens with zero attached hydrogens (tertiary/aromatic N) is 1. The fourth-order valence-corrected chi connectivity index (χ4v) is 3.46. The van der Waals surface area contributed by atoms with Crippen LogP contribution in [0.2, 0.25) is 0 Å². The molecule has 0 aliphatic heterocycles. The molecule has 1 aliphatic carbocycles. The molecule has 152 valence electrons. The zero-order chi connectivity index (χ0) is 20.8. The maximum Gasteiger partial charge on any atom is 0.338 e. The number of esters is 1. The number of hydrogen-bond acceptors (Lipinski definition) is 6. The van der Waals surface area contributed by atoms with Gasteiger partial charge in [-0.3, -0.25) is 25.8 Å². The fourth-order valence-electron chi connectivity index (χ4n) is 3.26.